The number of quaternary nitrogens is 1. The van der Waals surface area contributed by atoms with Crippen LogP contribution < -0.4 is 21.5 Å². The Morgan fingerprint density at radius 1 is 1.35 bits per heavy atom. The fraction of sp³-hybridized carbons (Fsp3) is 0.500. The molecule has 2 unspecified atom stereocenters. The Labute approximate surface area is 114 Å². The zero-order valence-corrected chi connectivity index (χ0v) is 12.7. The maximum absolute atomic E-state index is 11.6. The number of carbonyl (C=O) groups excluding carboxylic acids is 1. The van der Waals surface area contributed by atoms with Crippen LogP contribution in [0.4, 0.5) is 0 Å². The van der Waals surface area contributed by atoms with E-state index in [1.165, 1.54) is 9.99 Å². The van der Waals surface area contributed by atoms with Crippen molar-refractivity contribution >= 4 is 5.78 Å². The molecule has 0 bridgehead atoms. The van der Waals surface area contributed by atoms with Gasteiger partial charge in [0, 0.05) is 0 Å². The first-order valence-electron chi connectivity index (χ1n) is 6.11. The molecule has 1 aromatic carbocycles. The predicted molar refractivity (Wildman–Crippen MR) is 64.9 cm³/mol. The van der Waals surface area contributed by atoms with Gasteiger partial charge in [0.15, 0.2) is 0 Å². The molecule has 0 N–H and O–H groups in total. The monoisotopic (exact) mass is 345 g/mol. The van der Waals surface area contributed by atoms with Gasteiger partial charge in [-0.3, -0.25) is 0 Å². The van der Waals surface area contributed by atoms with Gasteiger partial charge in [0.25, 0.3) is 0 Å². The zero-order valence-electron chi connectivity index (χ0n) is 10.5. The van der Waals surface area contributed by atoms with E-state index in [0.29, 0.717) is 5.78 Å². The summed E-state index contributed by atoms with van der Waals surface area (Å²) in [7, 11) is 2.33. The number of Topliss-reactive ketones (excluding diaryl/α,β-unsaturated/α-hetero) is 1. The number of hydrogen-bond donors (Lipinski definition) is 0. The molecule has 0 spiro atoms. The van der Waals surface area contributed by atoms with Crippen molar-refractivity contribution in [3.8, 4) is 0 Å². The van der Waals surface area contributed by atoms with E-state index in [1.54, 1.807) is 0 Å². The van der Waals surface area contributed by atoms with Gasteiger partial charge in [-0.2, -0.15) is 0 Å². The fourth-order valence-electron chi connectivity index (χ4n) is 2.24. The first kappa shape index (κ1) is 13.0. The second-order valence-corrected chi connectivity index (χ2v) is 8.80. The van der Waals surface area contributed by atoms with E-state index in [4.69, 9.17) is 0 Å². The Hall–Kier alpha value is -0.420. The molecule has 0 aliphatic carbocycles. The Bertz CT molecular complexity index is 392. The third-order valence-electron chi connectivity index (χ3n) is 3.37. The molecular formula is C14H20INO. The summed E-state index contributed by atoms with van der Waals surface area (Å²) in [6, 6.07) is 10.7. The van der Waals surface area contributed by atoms with E-state index >= 15 is 0 Å². The average Bonchev–Trinajstić information content (AvgIpc) is 2.34. The van der Waals surface area contributed by atoms with E-state index in [2.05, 4.69) is 44.3 Å². The van der Waals surface area contributed by atoms with Gasteiger partial charge in [0.1, 0.15) is 0 Å². The Morgan fingerprint density at radius 3 is 2.71 bits per heavy atom. The second-order valence-electron chi connectivity index (χ2n) is 5.03. The average molecular weight is 345 g/mol. The van der Waals surface area contributed by atoms with Crippen LogP contribution in [0, 0.1) is 5.92 Å². The number of alkyl halides is 1. The fourth-order valence-corrected chi connectivity index (χ4v) is 5.42. The number of rotatable bonds is 3. The molecule has 17 heavy (non-hydrogen) atoms. The zero-order chi connectivity index (χ0) is 12.3. The molecule has 2 nitrogen and oxygen atoms in total. The molecule has 1 aliphatic rings. The van der Waals surface area contributed by atoms with E-state index in [9.17, 15) is 4.79 Å². The van der Waals surface area contributed by atoms with Crippen molar-refractivity contribution in [3.05, 3.63) is 35.9 Å². The van der Waals surface area contributed by atoms with Crippen molar-refractivity contribution in [2.24, 2.45) is 5.92 Å². The first-order chi connectivity index (χ1) is 8.09. The first-order valence-corrected chi connectivity index (χ1v) is 8.60. The van der Waals surface area contributed by atoms with Gasteiger partial charge in [0.2, 0.25) is 0 Å². The summed E-state index contributed by atoms with van der Waals surface area (Å²) in [6.45, 7) is 4.20. The number of halogens is 1. The number of hydrogen-bond acceptors (Lipinski definition) is 1. The molecule has 1 heterocycles. The second kappa shape index (κ2) is 5.48. The van der Waals surface area contributed by atoms with Gasteiger partial charge in [-0.15, -0.1) is 0 Å². The molecule has 1 fully saturated rings. The normalized spacial score (nSPS) is 29.5. The molecule has 3 heteroatoms. The van der Waals surface area contributed by atoms with Crippen LogP contribution in [0.25, 0.3) is 0 Å². The van der Waals surface area contributed by atoms with E-state index in [-0.39, 0.29) is 27.4 Å². The van der Waals surface area contributed by atoms with Crippen LogP contribution >= 0.6 is 0 Å². The van der Waals surface area contributed by atoms with Gasteiger partial charge in [-0.05, 0) is 0 Å². The van der Waals surface area contributed by atoms with Crippen molar-refractivity contribution in [2.45, 2.75) is 17.8 Å². The quantitative estimate of drug-likeness (QED) is 0.400. The number of carbonyl (C=O) groups is 1. The Kier molecular flexibility index (Phi) is 4.20. The summed E-state index contributed by atoms with van der Waals surface area (Å²) in [5, 5.41) is 0. The van der Waals surface area contributed by atoms with Gasteiger partial charge in [-0.25, -0.2) is 0 Å². The standard InChI is InChI=1S/C14H20INO/c1-12-11-16(2,9-8-14(12)17)15-10-13-6-4-3-5-7-13/h3-7,12H,8-11H2,1-2H3. The third-order valence-corrected chi connectivity index (χ3v) is 7.12. The molecule has 1 saturated heterocycles. The van der Waals surface area contributed by atoms with Crippen LogP contribution in [-0.2, 0) is 9.22 Å². The third kappa shape index (κ3) is 3.52. The van der Waals surface area contributed by atoms with E-state index in [0.717, 1.165) is 22.2 Å². The SMILES string of the molecule is CC1C[N+](C)([I-]Cc2ccccc2)CCC1=O. The van der Waals surface area contributed by atoms with Crippen molar-refractivity contribution in [1.29, 1.82) is 0 Å². The topological polar surface area (TPSA) is 17.1 Å². The summed E-state index contributed by atoms with van der Waals surface area (Å²) >= 11 is 0.0801. The molecule has 1 aliphatic heterocycles. The molecule has 0 radical (unpaired) electrons. The van der Waals surface area contributed by atoms with Crippen LogP contribution in [0.2, 0.25) is 0 Å². The van der Waals surface area contributed by atoms with Crippen molar-refractivity contribution in [1.82, 2.24) is 0 Å². The predicted octanol–water partition coefficient (Wildman–Crippen LogP) is -0.754. The number of piperidine rings is 1. The van der Waals surface area contributed by atoms with Crippen molar-refractivity contribution < 1.29 is 29.0 Å². The van der Waals surface area contributed by atoms with Crippen LogP contribution in [0.3, 0.4) is 0 Å². The van der Waals surface area contributed by atoms with Crippen LogP contribution in [0.5, 0.6) is 0 Å². The van der Waals surface area contributed by atoms with Gasteiger partial charge in [-0.1, -0.05) is 0 Å². The molecule has 2 rings (SSSR count). The molecule has 0 aromatic heterocycles. The minimum atomic E-state index is 0.0801. The van der Waals surface area contributed by atoms with E-state index in [1.807, 2.05) is 0 Å². The minimum absolute atomic E-state index is 0.0801. The number of nitrogens with zero attached hydrogens (tertiary/aromatic N) is 1. The maximum atomic E-state index is 11.6. The van der Waals surface area contributed by atoms with Crippen molar-refractivity contribution in [2.75, 3.05) is 20.1 Å². The Morgan fingerprint density at radius 2 is 2.06 bits per heavy atom. The summed E-state index contributed by atoms with van der Waals surface area (Å²) in [6.07, 6.45) is 0.784. The molecule has 0 amide bonds. The number of benzene rings is 1. The van der Waals surface area contributed by atoms with Crippen LogP contribution in [0.15, 0.2) is 30.3 Å². The summed E-state index contributed by atoms with van der Waals surface area (Å²) in [4.78, 5) is 11.6. The summed E-state index contributed by atoms with van der Waals surface area (Å²) in [5.74, 6) is 0.730. The molecule has 1 aromatic rings. The van der Waals surface area contributed by atoms with Crippen LogP contribution in [-0.4, -0.2) is 28.6 Å². The molecular weight excluding hydrogens is 325 g/mol. The van der Waals surface area contributed by atoms with Gasteiger partial charge >= 0.3 is 114 Å². The number of ketones is 1. The molecule has 94 valence electrons. The number of likely N-dealkylation sites (tertiary alicyclic amines) is 1. The summed E-state index contributed by atoms with van der Waals surface area (Å²) in [5.41, 5.74) is 1.45. The summed E-state index contributed by atoms with van der Waals surface area (Å²) < 4.78 is 2.37. The molecule has 2 atom stereocenters. The van der Waals surface area contributed by atoms with Gasteiger partial charge in [0.05, 0.1) is 0 Å². The van der Waals surface area contributed by atoms with Crippen LogP contribution in [0.1, 0.15) is 18.9 Å². The van der Waals surface area contributed by atoms with Gasteiger partial charge < -0.3 is 0 Å². The Balaban J connectivity index is 1.92. The molecule has 0 saturated carbocycles. The van der Waals surface area contributed by atoms with Crippen molar-refractivity contribution in [3.63, 3.8) is 0 Å². The van der Waals surface area contributed by atoms with E-state index < -0.39 is 0 Å².